The highest BCUT2D eigenvalue weighted by Gasteiger charge is 2.01. The number of fused-ring (bicyclic) bond motifs is 1. The summed E-state index contributed by atoms with van der Waals surface area (Å²) in [4.78, 5) is 4.73. The van der Waals surface area contributed by atoms with E-state index < -0.39 is 0 Å². The second kappa shape index (κ2) is 5.85. The standard InChI is InChI=1S/C18H18N2/c1-19-13-15-6-4-5-14(11-15)12-17-10-9-16-7-2-3-8-18(16)20-17/h2-11,19H,12-13H2,1H3. The van der Waals surface area contributed by atoms with Crippen LogP contribution >= 0.6 is 0 Å². The molecule has 0 saturated carbocycles. The fourth-order valence-corrected chi connectivity index (χ4v) is 2.47. The maximum absolute atomic E-state index is 4.73. The number of para-hydroxylation sites is 1. The van der Waals surface area contributed by atoms with Gasteiger partial charge in [-0.15, -0.1) is 0 Å². The topological polar surface area (TPSA) is 24.9 Å². The zero-order chi connectivity index (χ0) is 13.8. The average Bonchev–Trinajstić information content (AvgIpc) is 2.48. The predicted molar refractivity (Wildman–Crippen MR) is 83.8 cm³/mol. The molecule has 0 saturated heterocycles. The monoisotopic (exact) mass is 262 g/mol. The molecule has 1 aromatic heterocycles. The van der Waals surface area contributed by atoms with Crippen LogP contribution in [-0.2, 0) is 13.0 Å². The van der Waals surface area contributed by atoms with E-state index in [0.717, 1.165) is 24.2 Å². The SMILES string of the molecule is CNCc1cccc(Cc2ccc3ccccc3n2)c1. The Kier molecular flexibility index (Phi) is 3.75. The fraction of sp³-hybridized carbons (Fsp3) is 0.167. The van der Waals surface area contributed by atoms with Crippen LogP contribution in [0.5, 0.6) is 0 Å². The molecule has 3 rings (SSSR count). The normalized spacial score (nSPS) is 10.8. The van der Waals surface area contributed by atoms with Crippen LogP contribution < -0.4 is 5.32 Å². The van der Waals surface area contributed by atoms with Gasteiger partial charge in [-0.1, -0.05) is 48.5 Å². The number of nitrogens with one attached hydrogen (secondary N) is 1. The molecule has 20 heavy (non-hydrogen) atoms. The van der Waals surface area contributed by atoms with Crippen LogP contribution in [0.15, 0.2) is 60.7 Å². The van der Waals surface area contributed by atoms with Gasteiger partial charge in [0.25, 0.3) is 0 Å². The first kappa shape index (κ1) is 12.8. The maximum Gasteiger partial charge on any atom is 0.0705 e. The Morgan fingerprint density at radius 3 is 2.65 bits per heavy atom. The molecule has 0 spiro atoms. The molecule has 1 N–H and O–H groups in total. The number of pyridine rings is 1. The molecule has 0 aliphatic carbocycles. The number of benzene rings is 2. The van der Waals surface area contributed by atoms with E-state index in [-0.39, 0.29) is 0 Å². The van der Waals surface area contributed by atoms with Crippen molar-refractivity contribution in [3.63, 3.8) is 0 Å². The van der Waals surface area contributed by atoms with Crippen LogP contribution in [0, 0.1) is 0 Å². The number of rotatable bonds is 4. The van der Waals surface area contributed by atoms with Crippen molar-refractivity contribution in [2.75, 3.05) is 7.05 Å². The van der Waals surface area contributed by atoms with Gasteiger partial charge >= 0.3 is 0 Å². The molecule has 0 aliphatic heterocycles. The first-order valence-electron chi connectivity index (χ1n) is 6.92. The van der Waals surface area contributed by atoms with Gasteiger partial charge < -0.3 is 5.32 Å². The quantitative estimate of drug-likeness (QED) is 0.778. The first-order chi connectivity index (χ1) is 9.85. The zero-order valence-corrected chi connectivity index (χ0v) is 11.6. The minimum Gasteiger partial charge on any atom is -0.316 e. The molecule has 0 atom stereocenters. The molecule has 100 valence electrons. The third-order valence-corrected chi connectivity index (χ3v) is 3.41. The molecule has 0 amide bonds. The molecule has 2 heteroatoms. The van der Waals surface area contributed by atoms with Crippen LogP contribution in [0.25, 0.3) is 10.9 Å². The van der Waals surface area contributed by atoms with Crippen molar-refractivity contribution < 1.29 is 0 Å². The Labute approximate surface area is 119 Å². The number of aromatic nitrogens is 1. The van der Waals surface area contributed by atoms with E-state index in [2.05, 4.69) is 53.8 Å². The van der Waals surface area contributed by atoms with Crippen LogP contribution in [0.1, 0.15) is 16.8 Å². The summed E-state index contributed by atoms with van der Waals surface area (Å²) in [5, 5.41) is 4.38. The second-order valence-corrected chi connectivity index (χ2v) is 5.02. The van der Waals surface area contributed by atoms with Gasteiger partial charge in [0.1, 0.15) is 0 Å². The lowest BCUT2D eigenvalue weighted by Gasteiger charge is -2.06. The van der Waals surface area contributed by atoms with E-state index in [1.807, 2.05) is 19.2 Å². The van der Waals surface area contributed by atoms with Gasteiger partial charge in [-0.3, -0.25) is 4.98 Å². The van der Waals surface area contributed by atoms with Gasteiger partial charge in [-0.05, 0) is 30.3 Å². The predicted octanol–water partition coefficient (Wildman–Crippen LogP) is 3.55. The molecule has 0 bridgehead atoms. The van der Waals surface area contributed by atoms with E-state index in [0.29, 0.717) is 0 Å². The van der Waals surface area contributed by atoms with Crippen LogP contribution in [0.4, 0.5) is 0 Å². The molecule has 3 aromatic rings. The smallest absolute Gasteiger partial charge is 0.0705 e. The second-order valence-electron chi connectivity index (χ2n) is 5.02. The summed E-state index contributed by atoms with van der Waals surface area (Å²) >= 11 is 0. The van der Waals surface area contributed by atoms with Crippen molar-refractivity contribution in [2.24, 2.45) is 0 Å². The van der Waals surface area contributed by atoms with Crippen molar-refractivity contribution in [1.29, 1.82) is 0 Å². The Morgan fingerprint density at radius 2 is 1.75 bits per heavy atom. The Hall–Kier alpha value is -2.19. The minimum absolute atomic E-state index is 0.877. The van der Waals surface area contributed by atoms with Crippen molar-refractivity contribution >= 4 is 10.9 Å². The Bertz CT molecular complexity index is 719. The first-order valence-corrected chi connectivity index (χ1v) is 6.92. The highest BCUT2D eigenvalue weighted by atomic mass is 14.8. The molecule has 1 heterocycles. The van der Waals surface area contributed by atoms with Gasteiger partial charge in [0.2, 0.25) is 0 Å². The molecule has 0 radical (unpaired) electrons. The minimum atomic E-state index is 0.877. The zero-order valence-electron chi connectivity index (χ0n) is 11.6. The Morgan fingerprint density at radius 1 is 0.900 bits per heavy atom. The third kappa shape index (κ3) is 2.86. The molecule has 0 unspecified atom stereocenters. The summed E-state index contributed by atoms with van der Waals surface area (Å²) in [6.07, 6.45) is 0.877. The molecule has 0 fully saturated rings. The summed E-state index contributed by atoms with van der Waals surface area (Å²) in [5.74, 6) is 0. The summed E-state index contributed by atoms with van der Waals surface area (Å²) < 4.78 is 0. The van der Waals surface area contributed by atoms with Gasteiger partial charge in [-0.25, -0.2) is 0 Å². The summed E-state index contributed by atoms with van der Waals surface area (Å²) in [6.45, 7) is 0.902. The van der Waals surface area contributed by atoms with E-state index in [4.69, 9.17) is 4.98 Å². The Balaban J connectivity index is 1.87. The van der Waals surface area contributed by atoms with Gasteiger partial charge in [0, 0.05) is 24.0 Å². The van der Waals surface area contributed by atoms with E-state index >= 15 is 0 Å². The van der Waals surface area contributed by atoms with Crippen molar-refractivity contribution in [3.05, 3.63) is 77.5 Å². The number of hydrogen-bond acceptors (Lipinski definition) is 2. The lowest BCUT2D eigenvalue weighted by Crippen LogP contribution is -2.05. The van der Waals surface area contributed by atoms with E-state index in [1.165, 1.54) is 16.5 Å². The lowest BCUT2D eigenvalue weighted by molar-refractivity contribution is 0.816. The largest absolute Gasteiger partial charge is 0.316 e. The van der Waals surface area contributed by atoms with Crippen molar-refractivity contribution in [1.82, 2.24) is 10.3 Å². The fourth-order valence-electron chi connectivity index (χ4n) is 2.47. The van der Waals surface area contributed by atoms with Gasteiger partial charge in [0.05, 0.1) is 5.52 Å². The molecule has 2 nitrogen and oxygen atoms in total. The van der Waals surface area contributed by atoms with E-state index in [9.17, 15) is 0 Å². The highest BCUT2D eigenvalue weighted by molar-refractivity contribution is 5.78. The lowest BCUT2D eigenvalue weighted by atomic mass is 10.1. The summed E-state index contributed by atoms with van der Waals surface area (Å²) in [5.41, 5.74) is 4.80. The number of hydrogen-bond donors (Lipinski definition) is 1. The third-order valence-electron chi connectivity index (χ3n) is 3.41. The molecular formula is C18H18N2. The molecular weight excluding hydrogens is 244 g/mol. The average molecular weight is 262 g/mol. The highest BCUT2D eigenvalue weighted by Crippen LogP contribution is 2.15. The van der Waals surface area contributed by atoms with Crippen LogP contribution in [0.2, 0.25) is 0 Å². The number of nitrogens with zero attached hydrogens (tertiary/aromatic N) is 1. The van der Waals surface area contributed by atoms with Crippen LogP contribution in [0.3, 0.4) is 0 Å². The van der Waals surface area contributed by atoms with Crippen molar-refractivity contribution in [3.8, 4) is 0 Å². The van der Waals surface area contributed by atoms with Crippen LogP contribution in [-0.4, -0.2) is 12.0 Å². The maximum atomic E-state index is 4.73. The van der Waals surface area contributed by atoms with E-state index in [1.54, 1.807) is 0 Å². The van der Waals surface area contributed by atoms with Gasteiger partial charge in [0.15, 0.2) is 0 Å². The molecule has 0 aliphatic rings. The van der Waals surface area contributed by atoms with Gasteiger partial charge in [-0.2, -0.15) is 0 Å². The summed E-state index contributed by atoms with van der Waals surface area (Å²) in [7, 11) is 1.97. The summed E-state index contributed by atoms with van der Waals surface area (Å²) in [6, 6.07) is 21.2. The molecule has 2 aromatic carbocycles. The van der Waals surface area contributed by atoms with Crippen molar-refractivity contribution in [2.45, 2.75) is 13.0 Å².